The molecule has 1 N–H and O–H groups in total. The van der Waals surface area contributed by atoms with E-state index in [0.717, 1.165) is 64.8 Å². The number of rotatable bonds is 4. The zero-order valence-electron chi connectivity index (χ0n) is 18.6. The van der Waals surface area contributed by atoms with E-state index < -0.39 is 0 Å². The lowest BCUT2D eigenvalue weighted by Crippen LogP contribution is -2.60. The van der Waals surface area contributed by atoms with Crippen molar-refractivity contribution in [1.82, 2.24) is 20.0 Å². The SMILES string of the molecule is CC(C)C(=O)N1CCCC2C1CCN2CC(C)C(=O)N1CCC[C@H]2NCCCC21. The summed E-state index contributed by atoms with van der Waals surface area (Å²) in [6.07, 6.45) is 7.95. The van der Waals surface area contributed by atoms with E-state index in [1.54, 1.807) is 0 Å². The maximum Gasteiger partial charge on any atom is 0.226 e. The molecule has 6 heteroatoms. The predicted octanol–water partition coefficient (Wildman–Crippen LogP) is 2.09. The molecule has 4 aliphatic heterocycles. The average molecular weight is 405 g/mol. The molecule has 0 radical (unpaired) electrons. The van der Waals surface area contributed by atoms with Crippen molar-refractivity contribution in [2.24, 2.45) is 11.8 Å². The van der Waals surface area contributed by atoms with Crippen molar-refractivity contribution >= 4 is 11.8 Å². The molecule has 0 saturated carbocycles. The molecule has 164 valence electrons. The van der Waals surface area contributed by atoms with Crippen molar-refractivity contribution in [3.63, 3.8) is 0 Å². The largest absolute Gasteiger partial charge is 0.338 e. The Balaban J connectivity index is 1.37. The Bertz CT molecular complexity index is 608. The van der Waals surface area contributed by atoms with Gasteiger partial charge in [0, 0.05) is 62.2 Å². The number of fused-ring (bicyclic) bond motifs is 2. The van der Waals surface area contributed by atoms with E-state index in [9.17, 15) is 9.59 Å². The van der Waals surface area contributed by atoms with E-state index in [1.165, 1.54) is 12.8 Å². The number of carbonyl (C=O) groups is 2. The first kappa shape index (κ1) is 21.1. The maximum atomic E-state index is 13.4. The lowest BCUT2D eigenvalue weighted by molar-refractivity contribution is -0.142. The van der Waals surface area contributed by atoms with Gasteiger partial charge in [0.2, 0.25) is 11.8 Å². The van der Waals surface area contributed by atoms with Crippen molar-refractivity contribution in [3.8, 4) is 0 Å². The van der Waals surface area contributed by atoms with Gasteiger partial charge in [0.15, 0.2) is 0 Å². The minimum Gasteiger partial charge on any atom is -0.338 e. The summed E-state index contributed by atoms with van der Waals surface area (Å²) in [7, 11) is 0. The van der Waals surface area contributed by atoms with Crippen molar-refractivity contribution in [2.75, 3.05) is 32.7 Å². The molecule has 0 spiro atoms. The number of nitrogens with zero attached hydrogens (tertiary/aromatic N) is 3. The third kappa shape index (κ3) is 4.20. The van der Waals surface area contributed by atoms with Crippen LogP contribution in [0.3, 0.4) is 0 Å². The van der Waals surface area contributed by atoms with Crippen LogP contribution in [-0.4, -0.2) is 83.4 Å². The van der Waals surface area contributed by atoms with E-state index in [0.29, 0.717) is 36.0 Å². The molecule has 29 heavy (non-hydrogen) atoms. The van der Waals surface area contributed by atoms with Gasteiger partial charge in [-0.05, 0) is 51.5 Å². The summed E-state index contributed by atoms with van der Waals surface area (Å²) in [5.74, 6) is 0.748. The van der Waals surface area contributed by atoms with Crippen molar-refractivity contribution in [3.05, 3.63) is 0 Å². The summed E-state index contributed by atoms with van der Waals surface area (Å²) < 4.78 is 0. The van der Waals surface area contributed by atoms with Crippen LogP contribution in [-0.2, 0) is 9.59 Å². The molecule has 4 rings (SSSR count). The summed E-state index contributed by atoms with van der Waals surface area (Å²) in [4.78, 5) is 32.9. The first-order chi connectivity index (χ1) is 14.0. The Kier molecular flexibility index (Phi) is 6.50. The molecule has 0 aromatic heterocycles. The van der Waals surface area contributed by atoms with Gasteiger partial charge in [-0.15, -0.1) is 0 Å². The molecule has 5 atom stereocenters. The quantitative estimate of drug-likeness (QED) is 0.780. The lowest BCUT2D eigenvalue weighted by Gasteiger charge is -2.46. The highest BCUT2D eigenvalue weighted by Gasteiger charge is 2.44. The van der Waals surface area contributed by atoms with Crippen LogP contribution in [0.4, 0.5) is 0 Å². The second kappa shape index (κ2) is 8.93. The van der Waals surface area contributed by atoms with E-state index in [-0.39, 0.29) is 11.8 Å². The normalized spacial score (nSPS) is 34.1. The minimum atomic E-state index is 0.0330. The highest BCUT2D eigenvalue weighted by Crippen LogP contribution is 2.33. The highest BCUT2D eigenvalue weighted by molar-refractivity contribution is 5.79. The van der Waals surface area contributed by atoms with Gasteiger partial charge in [-0.3, -0.25) is 14.5 Å². The third-order valence-electron chi connectivity index (χ3n) is 7.78. The van der Waals surface area contributed by atoms with Crippen LogP contribution in [0.5, 0.6) is 0 Å². The molecular formula is C23H40N4O2. The maximum absolute atomic E-state index is 13.4. The molecule has 4 heterocycles. The first-order valence-corrected chi connectivity index (χ1v) is 12.1. The molecule has 0 bridgehead atoms. The number of hydrogen-bond acceptors (Lipinski definition) is 4. The fraction of sp³-hybridized carbons (Fsp3) is 0.913. The van der Waals surface area contributed by atoms with Crippen LogP contribution < -0.4 is 5.32 Å². The van der Waals surface area contributed by atoms with Gasteiger partial charge in [-0.25, -0.2) is 0 Å². The van der Waals surface area contributed by atoms with Gasteiger partial charge in [0.1, 0.15) is 0 Å². The molecule has 0 aliphatic carbocycles. The Morgan fingerprint density at radius 3 is 2.28 bits per heavy atom. The summed E-state index contributed by atoms with van der Waals surface area (Å²) in [5, 5.41) is 3.64. The van der Waals surface area contributed by atoms with Gasteiger partial charge in [-0.1, -0.05) is 20.8 Å². The number of carbonyl (C=O) groups excluding carboxylic acids is 2. The molecule has 4 saturated heterocycles. The topological polar surface area (TPSA) is 55.9 Å². The number of amides is 2. The van der Waals surface area contributed by atoms with Crippen LogP contribution in [0.2, 0.25) is 0 Å². The Morgan fingerprint density at radius 1 is 0.828 bits per heavy atom. The van der Waals surface area contributed by atoms with E-state index in [1.807, 2.05) is 13.8 Å². The average Bonchev–Trinajstić information content (AvgIpc) is 3.15. The molecule has 0 aromatic carbocycles. The Hall–Kier alpha value is -1.14. The summed E-state index contributed by atoms with van der Waals surface area (Å²) in [6, 6.07) is 1.68. The second-order valence-electron chi connectivity index (χ2n) is 10.1. The van der Waals surface area contributed by atoms with Crippen molar-refractivity contribution in [1.29, 1.82) is 0 Å². The fourth-order valence-corrected chi connectivity index (χ4v) is 6.34. The molecule has 4 fully saturated rings. The highest BCUT2D eigenvalue weighted by atomic mass is 16.2. The zero-order chi connectivity index (χ0) is 20.5. The molecular weight excluding hydrogens is 364 g/mol. The minimum absolute atomic E-state index is 0.0330. The number of nitrogens with one attached hydrogen (secondary N) is 1. The van der Waals surface area contributed by atoms with Crippen LogP contribution in [0.25, 0.3) is 0 Å². The summed E-state index contributed by atoms with van der Waals surface area (Å²) in [6.45, 7) is 10.9. The van der Waals surface area contributed by atoms with Gasteiger partial charge in [0.05, 0.1) is 0 Å². The van der Waals surface area contributed by atoms with E-state index in [4.69, 9.17) is 0 Å². The van der Waals surface area contributed by atoms with Gasteiger partial charge in [0.25, 0.3) is 0 Å². The summed E-state index contributed by atoms with van der Waals surface area (Å²) >= 11 is 0. The molecule has 0 aromatic rings. The second-order valence-corrected chi connectivity index (χ2v) is 10.1. The number of hydrogen-bond donors (Lipinski definition) is 1. The Morgan fingerprint density at radius 2 is 1.52 bits per heavy atom. The van der Waals surface area contributed by atoms with Crippen LogP contribution in [0.1, 0.15) is 65.7 Å². The van der Waals surface area contributed by atoms with E-state index >= 15 is 0 Å². The monoisotopic (exact) mass is 404 g/mol. The van der Waals surface area contributed by atoms with E-state index in [2.05, 4.69) is 26.9 Å². The molecule has 2 amide bonds. The fourth-order valence-electron chi connectivity index (χ4n) is 6.34. The zero-order valence-corrected chi connectivity index (χ0v) is 18.6. The standard InChI is InChI=1S/C23H40N4O2/c1-16(2)22(28)27-13-6-9-20-21(27)10-14-25(20)15-17(3)23(29)26-12-5-7-18-19(26)8-4-11-24-18/h16-21,24H,4-15H2,1-3H3/t17?,18-,19?,20?,21?/m1/s1. The third-order valence-corrected chi connectivity index (χ3v) is 7.78. The van der Waals surface area contributed by atoms with Crippen LogP contribution >= 0.6 is 0 Å². The first-order valence-electron chi connectivity index (χ1n) is 12.1. The number of piperidine rings is 3. The van der Waals surface area contributed by atoms with Crippen LogP contribution in [0.15, 0.2) is 0 Å². The lowest BCUT2D eigenvalue weighted by atomic mass is 9.88. The Labute approximate surface area is 176 Å². The summed E-state index contributed by atoms with van der Waals surface area (Å²) in [5.41, 5.74) is 0. The molecule has 4 aliphatic rings. The molecule has 4 unspecified atom stereocenters. The van der Waals surface area contributed by atoms with Crippen LogP contribution in [0, 0.1) is 11.8 Å². The number of likely N-dealkylation sites (tertiary alicyclic amines) is 3. The van der Waals surface area contributed by atoms with Gasteiger partial charge >= 0.3 is 0 Å². The van der Waals surface area contributed by atoms with Gasteiger partial charge < -0.3 is 15.1 Å². The van der Waals surface area contributed by atoms with Gasteiger partial charge in [-0.2, -0.15) is 0 Å². The predicted molar refractivity (Wildman–Crippen MR) is 114 cm³/mol. The van der Waals surface area contributed by atoms with Crippen molar-refractivity contribution in [2.45, 2.75) is 89.9 Å². The van der Waals surface area contributed by atoms with Crippen molar-refractivity contribution < 1.29 is 9.59 Å². The molecule has 6 nitrogen and oxygen atoms in total. The smallest absolute Gasteiger partial charge is 0.226 e.